The lowest BCUT2D eigenvalue weighted by Gasteiger charge is -2.16. The summed E-state index contributed by atoms with van der Waals surface area (Å²) in [5, 5.41) is 3.46. The van der Waals surface area contributed by atoms with Gasteiger partial charge in [-0.2, -0.15) is 0 Å². The SMILES string of the molecule is COc1ccc(C)cc1NC(=O)Cn1c(CN(C)C)nc2sc(C)c(C)c2c1=O. The number of ether oxygens (including phenoxy) is 1. The van der Waals surface area contributed by atoms with E-state index in [1.54, 1.807) is 13.2 Å². The van der Waals surface area contributed by atoms with Crippen molar-refractivity contribution in [1.29, 1.82) is 0 Å². The second kappa shape index (κ2) is 8.34. The first-order chi connectivity index (χ1) is 13.7. The first-order valence-electron chi connectivity index (χ1n) is 9.30. The van der Waals surface area contributed by atoms with Crippen molar-refractivity contribution < 1.29 is 9.53 Å². The Morgan fingerprint density at radius 3 is 2.66 bits per heavy atom. The van der Waals surface area contributed by atoms with Crippen molar-refractivity contribution in [3.05, 3.63) is 50.4 Å². The van der Waals surface area contributed by atoms with Gasteiger partial charge in [-0.05, 0) is 58.1 Å². The fourth-order valence-corrected chi connectivity index (χ4v) is 4.23. The van der Waals surface area contributed by atoms with E-state index < -0.39 is 0 Å². The molecule has 8 heteroatoms. The number of aromatic nitrogens is 2. The van der Waals surface area contributed by atoms with Crippen molar-refractivity contribution in [3.8, 4) is 5.75 Å². The summed E-state index contributed by atoms with van der Waals surface area (Å²) in [4.78, 5) is 34.5. The van der Waals surface area contributed by atoms with Gasteiger partial charge in [-0.1, -0.05) is 6.07 Å². The molecule has 0 atom stereocenters. The number of aryl methyl sites for hydroxylation is 3. The van der Waals surface area contributed by atoms with Gasteiger partial charge in [0, 0.05) is 4.88 Å². The van der Waals surface area contributed by atoms with Crippen molar-refractivity contribution in [2.75, 3.05) is 26.5 Å². The molecule has 0 spiro atoms. The fourth-order valence-electron chi connectivity index (χ4n) is 3.19. The Morgan fingerprint density at radius 2 is 2.00 bits per heavy atom. The highest BCUT2D eigenvalue weighted by atomic mass is 32.1. The van der Waals surface area contributed by atoms with Crippen LogP contribution < -0.4 is 15.6 Å². The molecule has 3 rings (SSSR count). The van der Waals surface area contributed by atoms with Gasteiger partial charge in [0.25, 0.3) is 5.56 Å². The van der Waals surface area contributed by atoms with E-state index in [0.717, 1.165) is 20.8 Å². The van der Waals surface area contributed by atoms with Gasteiger partial charge >= 0.3 is 0 Å². The lowest BCUT2D eigenvalue weighted by atomic mass is 10.2. The second-order valence-corrected chi connectivity index (χ2v) is 8.58. The van der Waals surface area contributed by atoms with E-state index in [0.29, 0.717) is 29.2 Å². The average molecular weight is 415 g/mol. The van der Waals surface area contributed by atoms with Crippen LogP contribution in [-0.4, -0.2) is 41.6 Å². The summed E-state index contributed by atoms with van der Waals surface area (Å²) in [7, 11) is 5.37. The molecule has 2 aromatic heterocycles. The third kappa shape index (κ3) is 4.33. The molecule has 2 heterocycles. The van der Waals surface area contributed by atoms with E-state index in [-0.39, 0.29) is 18.0 Å². The molecule has 1 amide bonds. The van der Waals surface area contributed by atoms with Crippen LogP contribution in [0.5, 0.6) is 5.75 Å². The minimum atomic E-state index is -0.304. The molecule has 3 aromatic rings. The highest BCUT2D eigenvalue weighted by Gasteiger charge is 2.19. The molecule has 0 saturated carbocycles. The number of hydrogen-bond donors (Lipinski definition) is 1. The van der Waals surface area contributed by atoms with Gasteiger partial charge in [-0.3, -0.25) is 14.2 Å². The highest BCUT2D eigenvalue weighted by molar-refractivity contribution is 7.18. The van der Waals surface area contributed by atoms with Crippen molar-refractivity contribution >= 4 is 33.1 Å². The monoisotopic (exact) mass is 414 g/mol. The maximum Gasteiger partial charge on any atom is 0.263 e. The van der Waals surface area contributed by atoms with E-state index in [1.165, 1.54) is 15.9 Å². The Kier molecular flexibility index (Phi) is 6.04. The molecule has 1 aromatic carbocycles. The van der Waals surface area contributed by atoms with Gasteiger partial charge in [-0.15, -0.1) is 11.3 Å². The van der Waals surface area contributed by atoms with Crippen LogP contribution in [0.2, 0.25) is 0 Å². The maximum absolute atomic E-state index is 13.2. The zero-order valence-corrected chi connectivity index (χ0v) is 18.4. The molecular formula is C21H26N4O3S. The number of nitrogens with zero attached hydrogens (tertiary/aromatic N) is 3. The normalized spacial score (nSPS) is 11.3. The molecule has 0 unspecified atom stereocenters. The number of methoxy groups -OCH3 is 1. The summed E-state index contributed by atoms with van der Waals surface area (Å²) in [6, 6.07) is 5.56. The summed E-state index contributed by atoms with van der Waals surface area (Å²) in [6.07, 6.45) is 0. The van der Waals surface area contributed by atoms with Gasteiger partial charge in [0.1, 0.15) is 22.9 Å². The maximum atomic E-state index is 13.2. The summed E-state index contributed by atoms with van der Waals surface area (Å²) in [5.41, 5.74) is 2.32. The molecule has 0 saturated heterocycles. The molecule has 0 fully saturated rings. The molecule has 7 nitrogen and oxygen atoms in total. The largest absolute Gasteiger partial charge is 0.495 e. The van der Waals surface area contributed by atoms with Gasteiger partial charge in [0.05, 0.1) is 24.7 Å². The first-order valence-corrected chi connectivity index (χ1v) is 10.1. The predicted octanol–water partition coefficient (Wildman–Crippen LogP) is 3.09. The minimum Gasteiger partial charge on any atom is -0.495 e. The molecule has 0 aliphatic carbocycles. The number of carbonyl (C=O) groups excluding carboxylic acids is 1. The molecule has 0 radical (unpaired) electrons. The van der Waals surface area contributed by atoms with Crippen LogP contribution in [0.25, 0.3) is 10.2 Å². The lowest BCUT2D eigenvalue weighted by Crippen LogP contribution is -2.33. The molecule has 0 bridgehead atoms. The van der Waals surface area contributed by atoms with Crippen molar-refractivity contribution in [3.63, 3.8) is 0 Å². The van der Waals surface area contributed by atoms with Crippen molar-refractivity contribution in [2.45, 2.75) is 33.9 Å². The number of thiophene rings is 1. The molecule has 29 heavy (non-hydrogen) atoms. The minimum absolute atomic E-state index is 0.115. The number of rotatable bonds is 6. The van der Waals surface area contributed by atoms with Crippen LogP contribution in [0.4, 0.5) is 5.69 Å². The summed E-state index contributed by atoms with van der Waals surface area (Å²) in [6.45, 7) is 6.19. The highest BCUT2D eigenvalue weighted by Crippen LogP contribution is 2.27. The third-order valence-electron chi connectivity index (χ3n) is 4.76. The first kappa shape index (κ1) is 21.0. The van der Waals surface area contributed by atoms with E-state index >= 15 is 0 Å². The Morgan fingerprint density at radius 1 is 1.28 bits per heavy atom. The van der Waals surface area contributed by atoms with Crippen LogP contribution in [0, 0.1) is 20.8 Å². The van der Waals surface area contributed by atoms with Gasteiger partial charge in [0.2, 0.25) is 5.91 Å². The molecule has 0 aliphatic heterocycles. The van der Waals surface area contributed by atoms with Gasteiger partial charge < -0.3 is 15.0 Å². The average Bonchev–Trinajstić information content (AvgIpc) is 2.92. The van der Waals surface area contributed by atoms with E-state index in [1.807, 2.05) is 51.9 Å². The molecule has 1 N–H and O–H groups in total. The summed E-state index contributed by atoms with van der Waals surface area (Å²) < 4.78 is 6.80. The Labute approximate surface area is 173 Å². The second-order valence-electron chi connectivity index (χ2n) is 7.37. The Hall–Kier alpha value is -2.71. The summed E-state index contributed by atoms with van der Waals surface area (Å²) in [5.74, 6) is 0.838. The number of anilines is 1. The van der Waals surface area contributed by atoms with Crippen LogP contribution in [0.15, 0.2) is 23.0 Å². The van der Waals surface area contributed by atoms with Crippen LogP contribution in [-0.2, 0) is 17.9 Å². The number of fused-ring (bicyclic) bond motifs is 1. The number of hydrogen-bond acceptors (Lipinski definition) is 6. The van der Waals surface area contributed by atoms with Crippen LogP contribution in [0.3, 0.4) is 0 Å². The quantitative estimate of drug-likeness (QED) is 0.671. The van der Waals surface area contributed by atoms with Crippen molar-refractivity contribution in [1.82, 2.24) is 14.5 Å². The Bertz CT molecular complexity index is 1130. The van der Waals surface area contributed by atoms with E-state index in [9.17, 15) is 9.59 Å². The standard InChI is InChI=1S/C21H26N4O3S/c1-12-7-8-16(28-6)15(9-12)22-18(26)11-25-17(10-24(4)5)23-20-19(21(25)27)13(2)14(3)29-20/h7-9H,10-11H2,1-6H3,(H,22,26). The molecule has 0 aliphatic rings. The smallest absolute Gasteiger partial charge is 0.263 e. The van der Waals surface area contributed by atoms with E-state index in [4.69, 9.17) is 9.72 Å². The topological polar surface area (TPSA) is 76.5 Å². The Balaban J connectivity index is 2.01. The number of nitrogens with one attached hydrogen (secondary N) is 1. The van der Waals surface area contributed by atoms with Gasteiger partial charge in [-0.25, -0.2) is 4.98 Å². The summed E-state index contributed by atoms with van der Waals surface area (Å²) >= 11 is 1.51. The van der Waals surface area contributed by atoms with Gasteiger partial charge in [0.15, 0.2) is 0 Å². The van der Waals surface area contributed by atoms with Crippen molar-refractivity contribution in [2.24, 2.45) is 0 Å². The number of carbonyl (C=O) groups is 1. The number of benzene rings is 1. The molecule has 154 valence electrons. The van der Waals surface area contributed by atoms with Crippen LogP contribution >= 0.6 is 11.3 Å². The zero-order valence-electron chi connectivity index (χ0n) is 17.6. The lowest BCUT2D eigenvalue weighted by molar-refractivity contribution is -0.116. The fraction of sp³-hybridized carbons (Fsp3) is 0.381. The zero-order chi connectivity index (χ0) is 21.3. The predicted molar refractivity (Wildman–Crippen MR) is 117 cm³/mol. The van der Waals surface area contributed by atoms with E-state index in [2.05, 4.69) is 5.32 Å². The third-order valence-corrected chi connectivity index (χ3v) is 5.86. The van der Waals surface area contributed by atoms with Crippen LogP contribution in [0.1, 0.15) is 21.8 Å². The number of amides is 1. The molecular weight excluding hydrogens is 388 g/mol.